The SMILES string of the molecule is CC(C)(C)OC(=O)NCC=Cc1cccc2c1NC(=O)C2=O. The van der Waals surface area contributed by atoms with Crippen LogP contribution in [-0.2, 0) is 9.53 Å². The topological polar surface area (TPSA) is 84.5 Å². The molecule has 6 nitrogen and oxygen atoms in total. The Kier molecular flexibility index (Phi) is 4.30. The molecule has 0 atom stereocenters. The summed E-state index contributed by atoms with van der Waals surface area (Å²) in [5.74, 6) is -1.15. The van der Waals surface area contributed by atoms with Crippen molar-refractivity contribution in [1.29, 1.82) is 0 Å². The summed E-state index contributed by atoms with van der Waals surface area (Å²) in [6.07, 6.45) is 2.95. The lowest BCUT2D eigenvalue weighted by atomic mass is 10.1. The van der Waals surface area contributed by atoms with Crippen molar-refractivity contribution in [2.24, 2.45) is 0 Å². The van der Waals surface area contributed by atoms with E-state index in [2.05, 4.69) is 10.6 Å². The van der Waals surface area contributed by atoms with Crippen molar-refractivity contribution in [3.05, 3.63) is 35.4 Å². The van der Waals surface area contributed by atoms with Crippen LogP contribution in [0.15, 0.2) is 24.3 Å². The highest BCUT2D eigenvalue weighted by atomic mass is 16.6. The minimum atomic E-state index is -0.622. The number of ketones is 1. The second kappa shape index (κ2) is 6.01. The van der Waals surface area contributed by atoms with Crippen LogP contribution in [0.4, 0.5) is 10.5 Å². The maximum absolute atomic E-state index is 11.6. The van der Waals surface area contributed by atoms with E-state index >= 15 is 0 Å². The molecule has 6 heteroatoms. The van der Waals surface area contributed by atoms with Gasteiger partial charge in [0.05, 0.1) is 11.3 Å². The molecule has 0 bridgehead atoms. The van der Waals surface area contributed by atoms with E-state index in [1.165, 1.54) is 0 Å². The molecule has 2 rings (SSSR count). The van der Waals surface area contributed by atoms with Crippen LogP contribution in [-0.4, -0.2) is 29.9 Å². The van der Waals surface area contributed by atoms with Gasteiger partial charge in [0.2, 0.25) is 0 Å². The van der Waals surface area contributed by atoms with Gasteiger partial charge in [-0.05, 0) is 32.4 Å². The van der Waals surface area contributed by atoms with Crippen LogP contribution in [0.5, 0.6) is 0 Å². The number of anilines is 1. The normalized spacial score (nSPS) is 14.0. The van der Waals surface area contributed by atoms with Crippen LogP contribution in [0.1, 0.15) is 36.7 Å². The van der Waals surface area contributed by atoms with Gasteiger partial charge in [0.25, 0.3) is 11.7 Å². The fourth-order valence-corrected chi connectivity index (χ4v) is 1.97. The number of Topliss-reactive ketones (excluding diaryl/α,β-unsaturated/α-hetero) is 1. The average Bonchev–Trinajstić information content (AvgIpc) is 2.70. The van der Waals surface area contributed by atoms with Crippen LogP contribution in [0.3, 0.4) is 0 Å². The Morgan fingerprint density at radius 1 is 1.32 bits per heavy atom. The van der Waals surface area contributed by atoms with Gasteiger partial charge >= 0.3 is 6.09 Å². The molecule has 1 aliphatic rings. The minimum Gasteiger partial charge on any atom is -0.444 e. The van der Waals surface area contributed by atoms with Gasteiger partial charge in [0.15, 0.2) is 0 Å². The Morgan fingerprint density at radius 3 is 2.73 bits per heavy atom. The first-order valence-electron chi connectivity index (χ1n) is 6.90. The molecule has 0 fully saturated rings. The Bertz CT molecular complexity index is 657. The number of para-hydroxylation sites is 1. The first kappa shape index (κ1) is 15.8. The first-order valence-corrected chi connectivity index (χ1v) is 6.90. The molecule has 0 radical (unpaired) electrons. The van der Waals surface area contributed by atoms with E-state index in [1.807, 2.05) is 0 Å². The molecule has 1 aromatic rings. The Labute approximate surface area is 128 Å². The van der Waals surface area contributed by atoms with Crippen molar-refractivity contribution in [1.82, 2.24) is 5.32 Å². The summed E-state index contributed by atoms with van der Waals surface area (Å²) in [4.78, 5) is 34.4. The molecule has 116 valence electrons. The van der Waals surface area contributed by atoms with E-state index in [0.29, 0.717) is 16.8 Å². The van der Waals surface area contributed by atoms with Gasteiger partial charge in [-0.25, -0.2) is 4.79 Å². The monoisotopic (exact) mass is 302 g/mol. The van der Waals surface area contributed by atoms with E-state index in [-0.39, 0.29) is 6.54 Å². The Morgan fingerprint density at radius 2 is 2.05 bits per heavy atom. The zero-order chi connectivity index (χ0) is 16.3. The Hall–Kier alpha value is -2.63. The number of amides is 2. The molecule has 0 spiro atoms. The summed E-state index contributed by atoms with van der Waals surface area (Å²) in [5, 5.41) is 5.14. The van der Waals surface area contributed by atoms with Crippen molar-refractivity contribution in [3.63, 3.8) is 0 Å². The number of rotatable bonds is 3. The third-order valence-electron chi connectivity index (χ3n) is 2.85. The molecule has 0 saturated heterocycles. The molecule has 1 aromatic carbocycles. The largest absolute Gasteiger partial charge is 0.444 e. The number of hydrogen-bond donors (Lipinski definition) is 2. The summed E-state index contributed by atoms with van der Waals surface area (Å²) in [6, 6.07) is 5.09. The van der Waals surface area contributed by atoms with Gasteiger partial charge in [-0.2, -0.15) is 0 Å². The van der Waals surface area contributed by atoms with Crippen LogP contribution in [0.25, 0.3) is 6.08 Å². The summed E-state index contributed by atoms with van der Waals surface area (Å²) in [7, 11) is 0. The highest BCUT2D eigenvalue weighted by Crippen LogP contribution is 2.27. The van der Waals surface area contributed by atoms with Gasteiger partial charge in [0, 0.05) is 6.54 Å². The standard InChI is InChI=1S/C16H18N2O4/c1-16(2,3)22-15(21)17-9-5-7-10-6-4-8-11-12(10)18-14(20)13(11)19/h4-8H,9H2,1-3H3,(H,17,21)(H,18,19,20). The second-order valence-corrected chi connectivity index (χ2v) is 5.84. The Balaban J connectivity index is 1.97. The molecule has 22 heavy (non-hydrogen) atoms. The van der Waals surface area contributed by atoms with Gasteiger partial charge in [-0.15, -0.1) is 0 Å². The molecule has 2 amide bonds. The lowest BCUT2D eigenvalue weighted by Gasteiger charge is -2.19. The third-order valence-corrected chi connectivity index (χ3v) is 2.85. The molecule has 1 aliphatic heterocycles. The highest BCUT2D eigenvalue weighted by molar-refractivity contribution is 6.52. The predicted molar refractivity (Wildman–Crippen MR) is 82.7 cm³/mol. The van der Waals surface area contributed by atoms with Gasteiger partial charge in [-0.3, -0.25) is 9.59 Å². The van der Waals surface area contributed by atoms with Gasteiger partial charge < -0.3 is 15.4 Å². The second-order valence-electron chi connectivity index (χ2n) is 5.84. The van der Waals surface area contributed by atoms with Crippen LogP contribution < -0.4 is 10.6 Å². The number of ether oxygens (including phenoxy) is 1. The van der Waals surface area contributed by atoms with Crippen molar-refractivity contribution in [2.45, 2.75) is 26.4 Å². The zero-order valence-corrected chi connectivity index (χ0v) is 12.7. The van der Waals surface area contributed by atoms with Crippen molar-refractivity contribution >= 4 is 29.5 Å². The summed E-state index contributed by atoms with van der Waals surface area (Å²) >= 11 is 0. The summed E-state index contributed by atoms with van der Waals surface area (Å²) < 4.78 is 5.11. The molecular weight excluding hydrogens is 284 g/mol. The smallest absolute Gasteiger partial charge is 0.407 e. The number of carbonyl (C=O) groups is 3. The summed E-state index contributed by atoms with van der Waals surface area (Å²) in [5.41, 5.74) is 1.04. The summed E-state index contributed by atoms with van der Waals surface area (Å²) in [6.45, 7) is 5.64. The molecule has 1 heterocycles. The van der Waals surface area contributed by atoms with E-state index < -0.39 is 23.4 Å². The molecule has 2 N–H and O–H groups in total. The lowest BCUT2D eigenvalue weighted by Crippen LogP contribution is -2.32. The number of benzene rings is 1. The molecule has 0 saturated carbocycles. The zero-order valence-electron chi connectivity index (χ0n) is 12.7. The molecule has 0 unspecified atom stereocenters. The van der Waals surface area contributed by atoms with E-state index in [0.717, 1.165) is 0 Å². The van der Waals surface area contributed by atoms with Crippen molar-refractivity contribution < 1.29 is 19.1 Å². The van der Waals surface area contributed by atoms with E-state index in [4.69, 9.17) is 4.74 Å². The van der Waals surface area contributed by atoms with Crippen LogP contribution in [0.2, 0.25) is 0 Å². The van der Waals surface area contributed by atoms with E-state index in [9.17, 15) is 14.4 Å². The first-order chi connectivity index (χ1) is 10.3. The maximum Gasteiger partial charge on any atom is 0.407 e. The van der Waals surface area contributed by atoms with Crippen molar-refractivity contribution in [3.8, 4) is 0 Å². The number of hydrogen-bond acceptors (Lipinski definition) is 4. The number of nitrogens with one attached hydrogen (secondary N) is 2. The predicted octanol–water partition coefficient (Wildman–Crippen LogP) is 2.36. The quantitative estimate of drug-likeness (QED) is 0.839. The average molecular weight is 302 g/mol. The fraction of sp³-hybridized carbons (Fsp3) is 0.312. The molecule has 0 aromatic heterocycles. The molecular formula is C16H18N2O4. The number of alkyl carbamates (subject to hydrolysis) is 1. The highest BCUT2D eigenvalue weighted by Gasteiger charge is 2.28. The van der Waals surface area contributed by atoms with Gasteiger partial charge in [0.1, 0.15) is 5.60 Å². The number of fused-ring (bicyclic) bond motifs is 1. The fourth-order valence-electron chi connectivity index (χ4n) is 1.97. The van der Waals surface area contributed by atoms with E-state index in [1.54, 1.807) is 51.1 Å². The lowest BCUT2D eigenvalue weighted by molar-refractivity contribution is -0.112. The van der Waals surface area contributed by atoms with Crippen LogP contribution >= 0.6 is 0 Å². The number of carbonyl (C=O) groups excluding carboxylic acids is 3. The van der Waals surface area contributed by atoms with Crippen LogP contribution in [0, 0.1) is 0 Å². The van der Waals surface area contributed by atoms with Crippen molar-refractivity contribution in [2.75, 3.05) is 11.9 Å². The van der Waals surface area contributed by atoms with Gasteiger partial charge in [-0.1, -0.05) is 24.3 Å². The minimum absolute atomic E-state index is 0.278. The third kappa shape index (κ3) is 3.72. The molecule has 0 aliphatic carbocycles. The maximum atomic E-state index is 11.6.